The molecule has 2 rings (SSSR count). The predicted molar refractivity (Wildman–Crippen MR) is 94.9 cm³/mol. The number of halogens is 1. The van der Waals surface area contributed by atoms with E-state index in [1.54, 1.807) is 14.2 Å². The summed E-state index contributed by atoms with van der Waals surface area (Å²) >= 11 is 0. The molecule has 0 amide bonds. The van der Waals surface area contributed by atoms with Gasteiger partial charge in [0.2, 0.25) is 0 Å². The molecule has 1 aliphatic rings. The van der Waals surface area contributed by atoms with E-state index in [-0.39, 0.29) is 0 Å². The van der Waals surface area contributed by atoms with Gasteiger partial charge in [0.15, 0.2) is 0 Å². The van der Waals surface area contributed by atoms with Gasteiger partial charge in [-0.1, -0.05) is 6.92 Å². The fourth-order valence-electron chi connectivity index (χ4n) is 2.99. The van der Waals surface area contributed by atoms with Crippen LogP contribution >= 0.6 is 0 Å². The number of hydrazine groups is 1. The normalized spacial score (nSPS) is 19.2. The predicted octanol–water partition coefficient (Wildman–Crippen LogP) is 1.66. The summed E-state index contributed by atoms with van der Waals surface area (Å²) in [7, 11) is 3.31. The Morgan fingerprint density at radius 3 is 2.83 bits per heavy atom. The first-order chi connectivity index (χ1) is 11.5. The number of anilines is 1. The van der Waals surface area contributed by atoms with Crippen molar-refractivity contribution in [2.45, 2.75) is 32.4 Å². The molecular weight excluding hydrogens is 309 g/mol. The summed E-state index contributed by atoms with van der Waals surface area (Å²) in [6.45, 7) is 3.64. The van der Waals surface area contributed by atoms with Gasteiger partial charge in [-0.25, -0.2) is 15.2 Å². The third kappa shape index (κ3) is 4.15. The molecule has 0 spiro atoms. The van der Waals surface area contributed by atoms with Gasteiger partial charge in [-0.3, -0.25) is 0 Å². The Morgan fingerprint density at radius 2 is 2.25 bits per heavy atom. The van der Waals surface area contributed by atoms with Gasteiger partial charge in [0.25, 0.3) is 0 Å². The lowest BCUT2D eigenvalue weighted by atomic mass is 10.1. The number of rotatable bonds is 6. The molecular formula is C17H28FN5O. The third-order valence-electron chi connectivity index (χ3n) is 4.28. The molecule has 0 aromatic carbocycles. The minimum Gasteiger partial charge on any atom is -0.395 e. The minimum absolute atomic E-state index is 0.305. The van der Waals surface area contributed by atoms with Crippen LogP contribution in [-0.4, -0.2) is 50.0 Å². The first-order valence-corrected chi connectivity index (χ1v) is 8.33. The quantitative estimate of drug-likeness (QED) is 0.607. The minimum atomic E-state index is -0.771. The summed E-state index contributed by atoms with van der Waals surface area (Å²) in [6.07, 6.45) is 1.49. The lowest BCUT2D eigenvalue weighted by molar-refractivity contribution is 0.198. The van der Waals surface area contributed by atoms with Crippen molar-refractivity contribution in [2.24, 2.45) is 11.6 Å². The second kappa shape index (κ2) is 8.30. The Morgan fingerprint density at radius 1 is 1.50 bits per heavy atom. The Kier molecular flexibility index (Phi) is 6.39. The van der Waals surface area contributed by atoms with Gasteiger partial charge in [0.05, 0.1) is 35.1 Å². The molecule has 24 heavy (non-hydrogen) atoms. The number of hydrogen-bond acceptors (Lipinski definition) is 6. The van der Waals surface area contributed by atoms with Crippen LogP contribution in [0.25, 0.3) is 5.70 Å². The second-order valence-electron chi connectivity index (χ2n) is 6.11. The van der Waals surface area contributed by atoms with Crippen molar-refractivity contribution in [3.05, 3.63) is 29.2 Å². The summed E-state index contributed by atoms with van der Waals surface area (Å²) in [5, 5.41) is 1.44. The van der Waals surface area contributed by atoms with E-state index in [0.717, 1.165) is 30.8 Å². The lowest BCUT2D eigenvalue weighted by Gasteiger charge is -2.32. The number of aromatic nitrogens is 1. The zero-order chi connectivity index (χ0) is 17.7. The van der Waals surface area contributed by atoms with Gasteiger partial charge in [-0.05, 0) is 31.4 Å². The SMILES string of the molecule is CCc1nc(/C(N)=C(\COC)N(C)N)ccc1N1CCCC(F)C1. The zero-order valence-corrected chi connectivity index (χ0v) is 14.8. The molecule has 1 saturated heterocycles. The Balaban J connectivity index is 2.36. The average molecular weight is 337 g/mol. The summed E-state index contributed by atoms with van der Waals surface area (Å²) in [6, 6.07) is 3.85. The maximum atomic E-state index is 13.7. The number of nitrogens with two attached hydrogens (primary N) is 2. The molecule has 7 heteroatoms. The highest BCUT2D eigenvalue weighted by molar-refractivity contribution is 5.65. The number of ether oxygens (including phenoxy) is 1. The van der Waals surface area contributed by atoms with Crippen LogP contribution in [0.1, 0.15) is 31.2 Å². The molecule has 4 N–H and O–H groups in total. The summed E-state index contributed by atoms with van der Waals surface area (Å²) in [4.78, 5) is 6.77. The molecule has 1 aromatic rings. The molecule has 2 heterocycles. The highest BCUT2D eigenvalue weighted by Crippen LogP contribution is 2.26. The number of aryl methyl sites for hydroxylation is 1. The van der Waals surface area contributed by atoms with Crippen LogP contribution in [0.4, 0.5) is 10.1 Å². The number of piperidine rings is 1. The number of nitrogens with zero attached hydrogens (tertiary/aromatic N) is 3. The van der Waals surface area contributed by atoms with Crippen LogP contribution in [0.2, 0.25) is 0 Å². The maximum Gasteiger partial charge on any atom is 0.118 e. The Labute approximate surface area is 143 Å². The fraction of sp³-hybridized carbons (Fsp3) is 0.588. The van der Waals surface area contributed by atoms with Crippen LogP contribution in [0.5, 0.6) is 0 Å². The fourth-order valence-corrected chi connectivity index (χ4v) is 2.99. The Bertz CT molecular complexity index is 590. The van der Waals surface area contributed by atoms with Crippen molar-refractivity contribution in [1.82, 2.24) is 9.99 Å². The largest absolute Gasteiger partial charge is 0.395 e. The monoisotopic (exact) mass is 337 g/mol. The smallest absolute Gasteiger partial charge is 0.118 e. The molecule has 1 aromatic heterocycles. The lowest BCUT2D eigenvalue weighted by Crippen LogP contribution is -2.37. The second-order valence-corrected chi connectivity index (χ2v) is 6.11. The first-order valence-electron chi connectivity index (χ1n) is 8.33. The zero-order valence-electron chi connectivity index (χ0n) is 14.8. The molecule has 0 aliphatic carbocycles. The summed E-state index contributed by atoms with van der Waals surface area (Å²) in [5.74, 6) is 5.83. The first kappa shape index (κ1) is 18.5. The van der Waals surface area contributed by atoms with Crippen molar-refractivity contribution in [2.75, 3.05) is 38.8 Å². The van der Waals surface area contributed by atoms with E-state index >= 15 is 0 Å². The van der Waals surface area contributed by atoms with Crippen LogP contribution in [0.3, 0.4) is 0 Å². The van der Waals surface area contributed by atoms with Crippen molar-refractivity contribution >= 4 is 11.4 Å². The molecule has 0 radical (unpaired) electrons. The molecule has 0 bridgehead atoms. The molecule has 134 valence electrons. The van der Waals surface area contributed by atoms with Crippen molar-refractivity contribution in [3.63, 3.8) is 0 Å². The van der Waals surface area contributed by atoms with E-state index in [1.807, 2.05) is 19.1 Å². The molecule has 0 saturated carbocycles. The molecule has 1 fully saturated rings. The topological polar surface area (TPSA) is 80.6 Å². The van der Waals surface area contributed by atoms with Crippen molar-refractivity contribution in [1.29, 1.82) is 0 Å². The maximum absolute atomic E-state index is 13.7. The summed E-state index contributed by atoms with van der Waals surface area (Å²) < 4.78 is 18.9. The highest BCUT2D eigenvalue weighted by Gasteiger charge is 2.22. The van der Waals surface area contributed by atoms with Crippen LogP contribution in [0, 0.1) is 0 Å². The standard InChI is InChI=1S/C17H28FN5O/c1-4-13-15(23-9-5-6-12(18)10-23)8-7-14(21-13)17(19)16(11-24-3)22(2)20/h7-8,12H,4-6,9-11,19-20H2,1-3H3/b17-16-. The van der Waals surface area contributed by atoms with E-state index in [4.69, 9.17) is 21.3 Å². The number of pyridine rings is 1. The van der Waals surface area contributed by atoms with Crippen LogP contribution < -0.4 is 16.5 Å². The number of hydrogen-bond donors (Lipinski definition) is 2. The van der Waals surface area contributed by atoms with Gasteiger partial charge >= 0.3 is 0 Å². The molecule has 6 nitrogen and oxygen atoms in total. The number of likely N-dealkylation sites (N-methyl/N-ethyl adjacent to an activating group) is 1. The van der Waals surface area contributed by atoms with Gasteiger partial charge < -0.3 is 20.4 Å². The van der Waals surface area contributed by atoms with Crippen molar-refractivity contribution in [3.8, 4) is 0 Å². The van der Waals surface area contributed by atoms with Gasteiger partial charge in [-0.15, -0.1) is 0 Å². The number of alkyl halides is 1. The van der Waals surface area contributed by atoms with E-state index in [1.165, 1.54) is 5.01 Å². The van der Waals surface area contributed by atoms with Gasteiger partial charge in [-0.2, -0.15) is 0 Å². The molecule has 1 aliphatic heterocycles. The van der Waals surface area contributed by atoms with Gasteiger partial charge in [0, 0.05) is 27.2 Å². The molecule has 1 unspecified atom stereocenters. The van der Waals surface area contributed by atoms with Gasteiger partial charge in [0.1, 0.15) is 6.17 Å². The third-order valence-corrected chi connectivity index (χ3v) is 4.28. The van der Waals surface area contributed by atoms with Crippen molar-refractivity contribution < 1.29 is 9.13 Å². The Hall–Kier alpha value is -1.86. The summed E-state index contributed by atoms with van der Waals surface area (Å²) in [5.41, 5.74) is 9.97. The van der Waals surface area contributed by atoms with Crippen LogP contribution in [-0.2, 0) is 11.2 Å². The van der Waals surface area contributed by atoms with Crippen LogP contribution in [0.15, 0.2) is 17.8 Å². The number of methoxy groups -OCH3 is 1. The van der Waals surface area contributed by atoms with E-state index in [0.29, 0.717) is 36.7 Å². The van der Waals surface area contributed by atoms with E-state index in [2.05, 4.69) is 4.90 Å². The highest BCUT2D eigenvalue weighted by atomic mass is 19.1. The van der Waals surface area contributed by atoms with E-state index in [9.17, 15) is 4.39 Å². The van der Waals surface area contributed by atoms with E-state index < -0.39 is 6.17 Å². The molecule has 1 atom stereocenters. The average Bonchev–Trinajstić information content (AvgIpc) is 2.58.